The average Bonchev–Trinajstić information content (AvgIpc) is 3.28. The molecule has 194 valence electrons. The summed E-state index contributed by atoms with van der Waals surface area (Å²) in [6, 6.07) is 18.7. The molecule has 2 heterocycles. The van der Waals surface area contributed by atoms with E-state index in [0.717, 1.165) is 38.5 Å². The highest BCUT2D eigenvalue weighted by Gasteiger charge is 2.21. The van der Waals surface area contributed by atoms with Crippen molar-refractivity contribution in [2.45, 2.75) is 26.4 Å². The Morgan fingerprint density at radius 2 is 1.82 bits per heavy atom. The van der Waals surface area contributed by atoms with E-state index < -0.39 is 17.3 Å². The summed E-state index contributed by atoms with van der Waals surface area (Å²) in [6.45, 7) is 5.33. The molecule has 39 heavy (non-hydrogen) atoms. The van der Waals surface area contributed by atoms with Crippen LogP contribution >= 0.6 is 0 Å². The third-order valence-electron chi connectivity index (χ3n) is 7.30. The smallest absolute Gasteiger partial charge is 0.265 e. The molecule has 4 N–H and O–H groups in total. The molecule has 0 bridgehead atoms. The predicted octanol–water partition coefficient (Wildman–Crippen LogP) is 5.46. The lowest BCUT2D eigenvalue weighted by atomic mass is 9.92. The van der Waals surface area contributed by atoms with Gasteiger partial charge in [0, 0.05) is 16.3 Å². The molecule has 0 unspecified atom stereocenters. The molecule has 0 aliphatic carbocycles. The largest absolute Gasteiger partial charge is 0.386 e. The van der Waals surface area contributed by atoms with E-state index in [9.17, 15) is 19.1 Å². The first-order chi connectivity index (χ1) is 18.5. The van der Waals surface area contributed by atoms with Gasteiger partial charge in [0.1, 0.15) is 12.1 Å². The molecule has 0 spiro atoms. The van der Waals surface area contributed by atoms with Crippen molar-refractivity contribution in [3.8, 4) is 16.8 Å². The topological polar surface area (TPSA) is 114 Å². The van der Waals surface area contributed by atoms with Crippen LogP contribution in [0.5, 0.6) is 0 Å². The summed E-state index contributed by atoms with van der Waals surface area (Å²) in [5.41, 5.74) is 10.2. The monoisotopic (exact) mass is 520 g/mol. The molecule has 0 aliphatic heterocycles. The molecule has 0 atom stereocenters. The van der Waals surface area contributed by atoms with Crippen molar-refractivity contribution in [2.24, 2.45) is 5.73 Å². The number of carbonyl (C=O) groups is 1. The SMILES string of the molecule is Cc1c(-c2ccc(C(N)=O)c3[nH]c4cc(C(C)(C)O)ccc4c23)cccc1-n1cnc2ccc(F)cc2c1=O. The number of amides is 1. The van der Waals surface area contributed by atoms with Crippen LogP contribution in [-0.2, 0) is 5.60 Å². The van der Waals surface area contributed by atoms with Gasteiger partial charge in [-0.25, -0.2) is 9.37 Å². The molecule has 0 saturated carbocycles. The summed E-state index contributed by atoms with van der Waals surface area (Å²) in [5, 5.41) is 12.4. The quantitative estimate of drug-likeness (QED) is 0.286. The Kier molecular flexibility index (Phi) is 5.41. The zero-order valence-corrected chi connectivity index (χ0v) is 21.5. The number of rotatable bonds is 4. The van der Waals surface area contributed by atoms with E-state index in [4.69, 9.17) is 5.73 Å². The number of carbonyl (C=O) groups excluding carboxylic acids is 1. The number of hydrogen-bond donors (Lipinski definition) is 3. The Hall–Kier alpha value is -4.82. The minimum Gasteiger partial charge on any atom is -0.386 e. The second-order valence-corrected chi connectivity index (χ2v) is 10.3. The van der Waals surface area contributed by atoms with E-state index >= 15 is 0 Å². The molecule has 8 heteroatoms. The second kappa shape index (κ2) is 8.61. The number of aromatic amines is 1. The first kappa shape index (κ1) is 24.5. The van der Waals surface area contributed by atoms with E-state index in [1.807, 2.05) is 49.4 Å². The summed E-state index contributed by atoms with van der Waals surface area (Å²) >= 11 is 0. The third kappa shape index (κ3) is 3.88. The van der Waals surface area contributed by atoms with Crippen LogP contribution in [0.25, 0.3) is 49.5 Å². The fourth-order valence-corrected chi connectivity index (χ4v) is 5.27. The number of H-pyrrole nitrogens is 1. The molecule has 1 amide bonds. The Morgan fingerprint density at radius 3 is 2.56 bits per heavy atom. The fraction of sp³-hybridized carbons (Fsp3) is 0.129. The maximum Gasteiger partial charge on any atom is 0.265 e. The summed E-state index contributed by atoms with van der Waals surface area (Å²) in [5.74, 6) is -1.07. The Bertz CT molecular complexity index is 2030. The zero-order valence-electron chi connectivity index (χ0n) is 21.5. The molecular formula is C31H25FN4O3. The van der Waals surface area contributed by atoms with Crippen LogP contribution < -0.4 is 11.3 Å². The lowest BCUT2D eigenvalue weighted by molar-refractivity contribution is 0.0787. The van der Waals surface area contributed by atoms with Gasteiger partial charge >= 0.3 is 0 Å². The summed E-state index contributed by atoms with van der Waals surface area (Å²) < 4.78 is 15.3. The van der Waals surface area contributed by atoms with Gasteiger partial charge in [-0.1, -0.05) is 30.3 Å². The second-order valence-electron chi connectivity index (χ2n) is 10.3. The number of hydrogen-bond acceptors (Lipinski definition) is 4. The number of nitrogens with zero attached hydrogens (tertiary/aromatic N) is 2. The Labute approximate surface area is 222 Å². The highest BCUT2D eigenvalue weighted by atomic mass is 19.1. The lowest BCUT2D eigenvalue weighted by Crippen LogP contribution is -2.20. The molecule has 6 aromatic rings. The van der Waals surface area contributed by atoms with Crippen molar-refractivity contribution in [1.29, 1.82) is 0 Å². The van der Waals surface area contributed by atoms with Gasteiger partial charge in [0.25, 0.3) is 11.5 Å². The number of aromatic nitrogens is 3. The van der Waals surface area contributed by atoms with Gasteiger partial charge in [0.15, 0.2) is 0 Å². The molecule has 0 radical (unpaired) electrons. The van der Waals surface area contributed by atoms with Gasteiger partial charge in [-0.3, -0.25) is 14.2 Å². The average molecular weight is 521 g/mol. The number of primary amides is 1. The zero-order chi connectivity index (χ0) is 27.6. The lowest BCUT2D eigenvalue weighted by Gasteiger charge is -2.17. The molecule has 0 fully saturated rings. The Balaban J connectivity index is 1.63. The molecule has 7 nitrogen and oxygen atoms in total. The molecule has 0 aliphatic rings. The van der Waals surface area contributed by atoms with E-state index in [-0.39, 0.29) is 10.9 Å². The number of nitrogens with one attached hydrogen (secondary N) is 1. The van der Waals surface area contributed by atoms with Crippen LogP contribution in [0.4, 0.5) is 4.39 Å². The number of aliphatic hydroxyl groups is 1. The van der Waals surface area contributed by atoms with Gasteiger partial charge in [0.05, 0.1) is 33.3 Å². The van der Waals surface area contributed by atoms with Crippen molar-refractivity contribution in [1.82, 2.24) is 14.5 Å². The normalized spacial score (nSPS) is 12.0. The van der Waals surface area contributed by atoms with E-state index in [1.54, 1.807) is 19.9 Å². The maximum atomic E-state index is 13.9. The number of benzene rings is 4. The molecule has 0 saturated heterocycles. The number of halogens is 1. The minimum atomic E-state index is -1.05. The first-order valence-corrected chi connectivity index (χ1v) is 12.4. The van der Waals surface area contributed by atoms with E-state index in [0.29, 0.717) is 22.3 Å². The van der Waals surface area contributed by atoms with Gasteiger partial charge in [-0.05, 0) is 79.4 Å². The molecule has 4 aromatic carbocycles. The molecular weight excluding hydrogens is 495 g/mol. The van der Waals surface area contributed by atoms with Crippen molar-refractivity contribution in [2.75, 3.05) is 0 Å². The van der Waals surface area contributed by atoms with Crippen molar-refractivity contribution >= 4 is 38.6 Å². The van der Waals surface area contributed by atoms with Crippen LogP contribution in [0.2, 0.25) is 0 Å². The molecule has 6 rings (SSSR count). The van der Waals surface area contributed by atoms with Crippen molar-refractivity contribution < 1.29 is 14.3 Å². The van der Waals surface area contributed by atoms with Crippen LogP contribution in [-0.4, -0.2) is 25.5 Å². The van der Waals surface area contributed by atoms with Crippen LogP contribution in [0.3, 0.4) is 0 Å². The van der Waals surface area contributed by atoms with Crippen molar-refractivity contribution in [3.63, 3.8) is 0 Å². The standard InChI is InChI=1S/C31H25FN4O3/c1-16-19(5-4-6-26(16)36-15-34-24-12-8-18(32)14-23(24)30(36)38)20-10-11-22(29(33)37)28-27(20)21-9-7-17(31(2,3)39)13-25(21)35-28/h4-15,35,39H,1-3H3,(H2,33,37). The van der Waals surface area contributed by atoms with Gasteiger partial charge in [-0.15, -0.1) is 0 Å². The number of fused-ring (bicyclic) bond motifs is 4. The van der Waals surface area contributed by atoms with Gasteiger partial charge < -0.3 is 15.8 Å². The fourth-order valence-electron chi connectivity index (χ4n) is 5.27. The minimum absolute atomic E-state index is 0.190. The van der Waals surface area contributed by atoms with Crippen LogP contribution in [0.15, 0.2) is 77.9 Å². The maximum absolute atomic E-state index is 13.9. The highest BCUT2D eigenvalue weighted by molar-refractivity contribution is 6.20. The van der Waals surface area contributed by atoms with E-state index in [1.165, 1.54) is 29.1 Å². The van der Waals surface area contributed by atoms with Crippen LogP contribution in [0.1, 0.15) is 35.3 Å². The highest BCUT2D eigenvalue weighted by Crippen LogP contribution is 2.39. The molecule has 2 aromatic heterocycles. The Morgan fingerprint density at radius 1 is 1.03 bits per heavy atom. The summed E-state index contributed by atoms with van der Waals surface area (Å²) in [6.07, 6.45) is 1.45. The van der Waals surface area contributed by atoms with Gasteiger partial charge in [-0.2, -0.15) is 0 Å². The summed E-state index contributed by atoms with van der Waals surface area (Å²) in [4.78, 5) is 33.4. The van der Waals surface area contributed by atoms with Crippen molar-refractivity contribution in [3.05, 3.63) is 106 Å². The van der Waals surface area contributed by atoms with Gasteiger partial charge in [0.2, 0.25) is 0 Å². The number of nitrogens with two attached hydrogens (primary N) is 1. The van der Waals surface area contributed by atoms with Crippen LogP contribution in [0, 0.1) is 12.7 Å². The first-order valence-electron chi connectivity index (χ1n) is 12.4. The third-order valence-corrected chi connectivity index (χ3v) is 7.30. The summed E-state index contributed by atoms with van der Waals surface area (Å²) in [7, 11) is 0. The predicted molar refractivity (Wildman–Crippen MR) is 151 cm³/mol. The van der Waals surface area contributed by atoms with E-state index in [2.05, 4.69) is 9.97 Å².